The molecule has 3 N–H and O–H groups in total. The van der Waals surface area contributed by atoms with Crippen LogP contribution in [0.3, 0.4) is 0 Å². The summed E-state index contributed by atoms with van der Waals surface area (Å²) in [5.41, 5.74) is 7.54. The van der Waals surface area contributed by atoms with E-state index in [9.17, 15) is 8.42 Å². The van der Waals surface area contributed by atoms with Gasteiger partial charge in [0.1, 0.15) is 0 Å². The van der Waals surface area contributed by atoms with Crippen molar-refractivity contribution >= 4 is 15.7 Å². The van der Waals surface area contributed by atoms with Gasteiger partial charge in [0.05, 0.1) is 11.5 Å². The van der Waals surface area contributed by atoms with Gasteiger partial charge in [0, 0.05) is 18.8 Å². The average molecular weight is 286 g/mol. The Morgan fingerprint density at radius 1 is 1.21 bits per heavy atom. The SMILES string of the molecule is CCCN(CCO)S(=O)(=O)c1c(C)cc(N)cc1C. The highest BCUT2D eigenvalue weighted by Gasteiger charge is 2.26. The van der Waals surface area contributed by atoms with Crippen LogP contribution in [-0.4, -0.2) is 37.5 Å². The Kier molecular flexibility index (Phi) is 5.34. The van der Waals surface area contributed by atoms with Crippen LogP contribution in [0.2, 0.25) is 0 Å². The molecule has 5 nitrogen and oxygen atoms in total. The molecule has 0 aliphatic carbocycles. The van der Waals surface area contributed by atoms with Crippen molar-refractivity contribution in [2.24, 2.45) is 0 Å². The van der Waals surface area contributed by atoms with Gasteiger partial charge < -0.3 is 10.8 Å². The summed E-state index contributed by atoms with van der Waals surface area (Å²) in [6.45, 7) is 5.69. The van der Waals surface area contributed by atoms with Crippen molar-refractivity contribution in [1.29, 1.82) is 0 Å². The number of aryl methyl sites for hydroxylation is 2. The summed E-state index contributed by atoms with van der Waals surface area (Å²) < 4.78 is 26.6. The predicted molar refractivity (Wildman–Crippen MR) is 76.5 cm³/mol. The monoisotopic (exact) mass is 286 g/mol. The molecule has 19 heavy (non-hydrogen) atoms. The molecule has 0 fully saturated rings. The smallest absolute Gasteiger partial charge is 0.243 e. The minimum atomic E-state index is -3.59. The Bertz CT molecular complexity index is 512. The summed E-state index contributed by atoms with van der Waals surface area (Å²) in [5.74, 6) is 0. The molecule has 1 aromatic rings. The predicted octanol–water partition coefficient (Wildman–Crippen LogP) is 1.28. The van der Waals surface area contributed by atoms with E-state index in [-0.39, 0.29) is 13.2 Å². The van der Waals surface area contributed by atoms with Gasteiger partial charge in [-0.3, -0.25) is 0 Å². The average Bonchev–Trinajstić information content (AvgIpc) is 2.26. The van der Waals surface area contributed by atoms with Crippen LogP contribution in [0.15, 0.2) is 17.0 Å². The largest absolute Gasteiger partial charge is 0.399 e. The number of rotatable bonds is 6. The second-order valence-electron chi connectivity index (χ2n) is 4.61. The van der Waals surface area contributed by atoms with Crippen LogP contribution in [0.25, 0.3) is 0 Å². The maximum absolute atomic E-state index is 12.6. The first-order valence-corrected chi connectivity index (χ1v) is 7.76. The number of hydrogen-bond acceptors (Lipinski definition) is 4. The van der Waals surface area contributed by atoms with E-state index < -0.39 is 10.0 Å². The van der Waals surface area contributed by atoms with E-state index in [4.69, 9.17) is 10.8 Å². The summed E-state index contributed by atoms with van der Waals surface area (Å²) in [5, 5.41) is 9.03. The number of nitrogen functional groups attached to an aromatic ring is 1. The lowest BCUT2D eigenvalue weighted by Crippen LogP contribution is -2.35. The minimum Gasteiger partial charge on any atom is -0.399 e. The lowest BCUT2D eigenvalue weighted by molar-refractivity contribution is 0.253. The van der Waals surface area contributed by atoms with Gasteiger partial charge in [0.2, 0.25) is 10.0 Å². The molecule has 0 amide bonds. The minimum absolute atomic E-state index is 0.111. The van der Waals surface area contributed by atoms with E-state index in [2.05, 4.69) is 0 Å². The highest BCUT2D eigenvalue weighted by molar-refractivity contribution is 7.89. The normalized spacial score (nSPS) is 12.1. The molecule has 0 saturated carbocycles. The molecule has 0 radical (unpaired) electrons. The molecule has 0 atom stereocenters. The highest BCUT2D eigenvalue weighted by atomic mass is 32.2. The number of benzene rings is 1. The van der Waals surface area contributed by atoms with E-state index in [1.54, 1.807) is 26.0 Å². The molecule has 0 aromatic heterocycles. The van der Waals surface area contributed by atoms with Crippen molar-refractivity contribution in [2.45, 2.75) is 32.1 Å². The fourth-order valence-corrected chi connectivity index (χ4v) is 4.17. The number of nitrogens with zero attached hydrogens (tertiary/aromatic N) is 1. The molecule has 0 heterocycles. The topological polar surface area (TPSA) is 83.6 Å². The molecular formula is C13H22N2O3S. The van der Waals surface area contributed by atoms with Crippen molar-refractivity contribution in [3.63, 3.8) is 0 Å². The van der Waals surface area contributed by atoms with E-state index in [0.717, 1.165) is 0 Å². The molecular weight excluding hydrogens is 264 g/mol. The number of aliphatic hydroxyl groups excluding tert-OH is 1. The van der Waals surface area contributed by atoms with Crippen LogP contribution in [-0.2, 0) is 10.0 Å². The summed E-state index contributed by atoms with van der Waals surface area (Å²) >= 11 is 0. The standard InChI is InChI=1S/C13H22N2O3S/c1-4-5-15(6-7-16)19(17,18)13-10(2)8-12(14)9-11(13)3/h8-9,16H,4-7,14H2,1-3H3. The van der Waals surface area contributed by atoms with Gasteiger partial charge in [-0.2, -0.15) is 4.31 Å². The van der Waals surface area contributed by atoms with Crippen LogP contribution < -0.4 is 5.73 Å². The lowest BCUT2D eigenvalue weighted by atomic mass is 10.1. The third-order valence-electron chi connectivity index (χ3n) is 2.90. The quantitative estimate of drug-likeness (QED) is 0.772. The molecule has 6 heteroatoms. The van der Waals surface area contributed by atoms with Gasteiger partial charge in [0.15, 0.2) is 0 Å². The molecule has 0 saturated heterocycles. The third-order valence-corrected chi connectivity index (χ3v) is 5.11. The van der Waals surface area contributed by atoms with E-state index in [1.165, 1.54) is 4.31 Å². The van der Waals surface area contributed by atoms with Gasteiger partial charge in [-0.05, 0) is 43.5 Å². The third kappa shape index (κ3) is 3.46. The Morgan fingerprint density at radius 2 is 1.74 bits per heavy atom. The van der Waals surface area contributed by atoms with Gasteiger partial charge >= 0.3 is 0 Å². The summed E-state index contributed by atoms with van der Waals surface area (Å²) in [6.07, 6.45) is 0.701. The summed E-state index contributed by atoms with van der Waals surface area (Å²) in [6, 6.07) is 3.31. The van der Waals surface area contributed by atoms with Crippen LogP contribution in [0.5, 0.6) is 0 Å². The fraction of sp³-hybridized carbons (Fsp3) is 0.538. The number of nitrogens with two attached hydrogens (primary N) is 1. The second-order valence-corrected chi connectivity index (χ2v) is 6.49. The number of hydrogen-bond donors (Lipinski definition) is 2. The molecule has 0 spiro atoms. The Balaban J connectivity index is 3.33. The zero-order valence-corrected chi connectivity index (χ0v) is 12.5. The zero-order valence-electron chi connectivity index (χ0n) is 11.7. The first-order valence-electron chi connectivity index (χ1n) is 6.32. The molecule has 0 aliphatic heterocycles. The van der Waals surface area contributed by atoms with E-state index in [0.29, 0.717) is 34.7 Å². The number of sulfonamides is 1. The molecule has 1 rings (SSSR count). The Hall–Kier alpha value is -1.11. The van der Waals surface area contributed by atoms with Crippen molar-refractivity contribution in [3.05, 3.63) is 23.3 Å². The maximum Gasteiger partial charge on any atom is 0.243 e. The first-order chi connectivity index (χ1) is 8.84. The molecule has 0 unspecified atom stereocenters. The number of anilines is 1. The maximum atomic E-state index is 12.6. The lowest BCUT2D eigenvalue weighted by Gasteiger charge is -2.23. The van der Waals surface area contributed by atoms with Crippen molar-refractivity contribution in [3.8, 4) is 0 Å². The van der Waals surface area contributed by atoms with Gasteiger partial charge in [-0.1, -0.05) is 6.92 Å². The molecule has 1 aromatic carbocycles. The van der Waals surface area contributed by atoms with Crippen molar-refractivity contribution in [2.75, 3.05) is 25.4 Å². The molecule has 0 bridgehead atoms. The summed E-state index contributed by atoms with van der Waals surface area (Å²) in [4.78, 5) is 0.295. The van der Waals surface area contributed by atoms with Crippen molar-refractivity contribution < 1.29 is 13.5 Å². The van der Waals surface area contributed by atoms with Crippen LogP contribution >= 0.6 is 0 Å². The number of aliphatic hydroxyl groups is 1. The van der Waals surface area contributed by atoms with Gasteiger partial charge in [-0.25, -0.2) is 8.42 Å². The molecule has 108 valence electrons. The summed E-state index contributed by atoms with van der Waals surface area (Å²) in [7, 11) is -3.59. The zero-order chi connectivity index (χ0) is 14.6. The van der Waals surface area contributed by atoms with Crippen molar-refractivity contribution in [1.82, 2.24) is 4.31 Å². The van der Waals surface area contributed by atoms with E-state index >= 15 is 0 Å². The Labute approximate surface area is 115 Å². The van der Waals surface area contributed by atoms with Gasteiger partial charge in [0.25, 0.3) is 0 Å². The highest BCUT2D eigenvalue weighted by Crippen LogP contribution is 2.26. The van der Waals surface area contributed by atoms with Crippen LogP contribution in [0.4, 0.5) is 5.69 Å². The molecule has 0 aliphatic rings. The van der Waals surface area contributed by atoms with Crippen LogP contribution in [0.1, 0.15) is 24.5 Å². The van der Waals surface area contributed by atoms with Gasteiger partial charge in [-0.15, -0.1) is 0 Å². The first kappa shape index (κ1) is 15.9. The second kappa shape index (κ2) is 6.36. The fourth-order valence-electron chi connectivity index (χ4n) is 2.23. The van der Waals surface area contributed by atoms with Crippen LogP contribution in [0, 0.1) is 13.8 Å². The van der Waals surface area contributed by atoms with E-state index in [1.807, 2.05) is 6.92 Å². The Morgan fingerprint density at radius 3 is 2.16 bits per heavy atom.